The van der Waals surface area contributed by atoms with Gasteiger partial charge in [0.15, 0.2) is 5.78 Å². The molecule has 8 nitrogen and oxygen atoms in total. The van der Waals surface area contributed by atoms with Gasteiger partial charge in [-0.3, -0.25) is 14.4 Å². The highest BCUT2D eigenvalue weighted by Crippen LogP contribution is 2.77. The molecule has 6 aliphatic carbocycles. The molecular formula is C44H54O8. The van der Waals surface area contributed by atoms with Crippen molar-refractivity contribution in [3.05, 3.63) is 96.7 Å². The molecule has 3 N–H and O–H groups in total. The van der Waals surface area contributed by atoms with Gasteiger partial charge in [0.2, 0.25) is 0 Å². The molecule has 4 fully saturated rings. The van der Waals surface area contributed by atoms with Crippen LogP contribution in [0.3, 0.4) is 0 Å². The molecule has 14 atom stereocenters. The number of allylic oxidation sites excluding steroid dienone is 10. The van der Waals surface area contributed by atoms with Crippen LogP contribution in [0.2, 0.25) is 0 Å². The number of rotatable bonds is 7. The first-order valence-corrected chi connectivity index (χ1v) is 19.2. The molecule has 1 heterocycles. The predicted octanol–water partition coefficient (Wildman–Crippen LogP) is 5.93. The third kappa shape index (κ3) is 5.38. The molecule has 7 aliphatic rings. The van der Waals surface area contributed by atoms with Crippen LogP contribution in [-0.2, 0) is 23.9 Å². The van der Waals surface area contributed by atoms with Crippen molar-refractivity contribution in [3.63, 3.8) is 0 Å². The first-order chi connectivity index (χ1) is 24.8. The number of unbranched alkanes of at least 4 members (excludes halogenated alkanes) is 1. The fraction of sp³-hybridized carbons (Fsp3) is 0.568. The summed E-state index contributed by atoms with van der Waals surface area (Å²) in [6.45, 7) is 11.3. The van der Waals surface area contributed by atoms with Crippen molar-refractivity contribution < 1.29 is 39.2 Å². The van der Waals surface area contributed by atoms with Gasteiger partial charge < -0.3 is 24.8 Å². The number of hydrogen-bond acceptors (Lipinski definition) is 8. The van der Waals surface area contributed by atoms with Crippen molar-refractivity contribution in [1.29, 1.82) is 0 Å². The first-order valence-electron chi connectivity index (χ1n) is 19.2. The minimum absolute atomic E-state index is 0.0274. The van der Waals surface area contributed by atoms with Crippen LogP contribution in [0.4, 0.5) is 0 Å². The second-order valence-electron chi connectivity index (χ2n) is 16.8. The number of aliphatic hydroxyl groups excluding tert-OH is 1. The van der Waals surface area contributed by atoms with Gasteiger partial charge in [0.1, 0.15) is 17.8 Å². The van der Waals surface area contributed by atoms with E-state index in [4.69, 9.17) is 9.47 Å². The van der Waals surface area contributed by atoms with Crippen LogP contribution in [0, 0.1) is 64.6 Å². The molecule has 0 amide bonds. The van der Waals surface area contributed by atoms with E-state index in [1.54, 1.807) is 25.2 Å². The highest BCUT2D eigenvalue weighted by Gasteiger charge is 2.85. The van der Waals surface area contributed by atoms with Crippen LogP contribution < -0.4 is 0 Å². The number of aliphatic hydroxyl groups is 3. The van der Waals surface area contributed by atoms with E-state index in [1.165, 1.54) is 0 Å². The van der Waals surface area contributed by atoms with Crippen molar-refractivity contribution in [2.75, 3.05) is 13.2 Å². The maximum atomic E-state index is 14.4. The smallest absolute Gasteiger partial charge is 0.310 e. The van der Waals surface area contributed by atoms with Crippen molar-refractivity contribution in [1.82, 2.24) is 0 Å². The van der Waals surface area contributed by atoms with Crippen molar-refractivity contribution >= 4 is 17.7 Å². The van der Waals surface area contributed by atoms with Gasteiger partial charge in [-0.1, -0.05) is 106 Å². The Morgan fingerprint density at radius 3 is 2.54 bits per heavy atom. The van der Waals surface area contributed by atoms with Crippen LogP contribution in [0.1, 0.15) is 59.8 Å². The van der Waals surface area contributed by atoms with E-state index < -0.39 is 64.2 Å². The summed E-state index contributed by atoms with van der Waals surface area (Å²) in [4.78, 5) is 41.2. The van der Waals surface area contributed by atoms with Gasteiger partial charge in [-0.25, -0.2) is 0 Å². The number of hydrogen-bond donors (Lipinski definition) is 3. The van der Waals surface area contributed by atoms with Gasteiger partial charge >= 0.3 is 11.9 Å². The fourth-order valence-corrected chi connectivity index (χ4v) is 11.5. The Balaban J connectivity index is 1.21. The average molecular weight is 711 g/mol. The largest absolute Gasteiger partial charge is 0.465 e. The number of fused-ring (bicyclic) bond motifs is 8. The van der Waals surface area contributed by atoms with E-state index in [2.05, 4.69) is 37.8 Å². The Bertz CT molecular complexity index is 1730. The number of ether oxygens (including phenoxy) is 2. The van der Waals surface area contributed by atoms with Crippen LogP contribution in [0.15, 0.2) is 96.7 Å². The zero-order valence-corrected chi connectivity index (χ0v) is 30.8. The van der Waals surface area contributed by atoms with E-state index in [9.17, 15) is 29.7 Å². The first kappa shape index (κ1) is 36.8. The highest BCUT2D eigenvalue weighted by atomic mass is 16.6. The number of carbonyl (C=O) groups excluding carboxylic acids is 3. The maximum absolute atomic E-state index is 14.4. The zero-order valence-electron chi connectivity index (χ0n) is 30.8. The standard InChI is InChI=1S/C44H54O8/c1-6-8-9-10-11-12-14-18-31-35-29(7-2)30-17-15-13-16-19-34(46)52-43-22-27(4)44(50)32(38(43)41(43,5)25-51-40(48)37(30)36(31)35)21-28(24-45)23-42(49)33(44)20-26(3)39(42)47/h7,9-18,20-21,27,29-33,35-38,45,49-50H,2,6,8,19,22-25H2,1,3-5H3/b10-9+,12-11+,16-13+,17-15+,18-14+/t27-,29+,30-,31-,32+,33-,35+,36-,37-,38-,41-,42-,43+,44-/m1/s1. The number of ketones is 1. The predicted molar refractivity (Wildman–Crippen MR) is 197 cm³/mol. The molecule has 0 aromatic carbocycles. The lowest BCUT2D eigenvalue weighted by Crippen LogP contribution is -2.61. The summed E-state index contributed by atoms with van der Waals surface area (Å²) in [5.74, 6) is -3.60. The summed E-state index contributed by atoms with van der Waals surface area (Å²) in [7, 11) is 0. The Morgan fingerprint density at radius 1 is 1.04 bits per heavy atom. The van der Waals surface area contributed by atoms with Crippen LogP contribution in [-0.4, -0.2) is 63.1 Å². The Labute approximate surface area is 307 Å². The molecule has 8 heteroatoms. The third-order valence-electron chi connectivity index (χ3n) is 14.0. The van der Waals surface area contributed by atoms with E-state index in [0.717, 1.165) is 12.8 Å². The number of Topliss-reactive ketones (excluding diaryl/α,β-unsaturated/α-hetero) is 1. The minimum atomic E-state index is -1.90. The summed E-state index contributed by atoms with van der Waals surface area (Å²) >= 11 is 0. The SMILES string of the molecule is C=C[C@H]1[C@H]2/C=C/C=C/CC(=O)O[C@@]34C[C@@H](C)[C@@]5(O)[C@@H](C=C(CO)C[C@]6(O)C(=O)C(C)=C[C@@H]56)[C@@H]3[C@@]4(C)COC(=O)[C@H]2[C@@H]2[C@H](/C=C/C=C/C=C/CCC)[C@H]12. The third-order valence-corrected chi connectivity index (χ3v) is 14.0. The molecule has 0 radical (unpaired) electrons. The molecular weight excluding hydrogens is 656 g/mol. The summed E-state index contributed by atoms with van der Waals surface area (Å²) in [5.41, 5.74) is -4.62. The lowest BCUT2D eigenvalue weighted by Gasteiger charge is -2.50. The average Bonchev–Trinajstić information content (AvgIpc) is 3.85. The molecule has 0 saturated heterocycles. The Kier molecular flexibility index (Phi) is 9.45. The molecule has 1 spiro atoms. The van der Waals surface area contributed by atoms with Crippen LogP contribution in [0.25, 0.3) is 0 Å². The summed E-state index contributed by atoms with van der Waals surface area (Å²) in [5, 5.41) is 35.2. The summed E-state index contributed by atoms with van der Waals surface area (Å²) in [6.07, 6.45) is 27.9. The monoisotopic (exact) mass is 710 g/mol. The molecule has 52 heavy (non-hydrogen) atoms. The van der Waals surface area contributed by atoms with Crippen LogP contribution in [0.5, 0.6) is 0 Å². The number of cyclic esters (lactones) is 1. The van der Waals surface area contributed by atoms with Crippen molar-refractivity contribution in [2.24, 2.45) is 64.6 Å². The lowest BCUT2D eigenvalue weighted by molar-refractivity contribution is -0.187. The minimum Gasteiger partial charge on any atom is -0.465 e. The van der Waals surface area contributed by atoms with Gasteiger partial charge in [0.05, 0.1) is 24.5 Å². The number of esters is 2. The van der Waals surface area contributed by atoms with Crippen LogP contribution >= 0.6 is 0 Å². The van der Waals surface area contributed by atoms with E-state index in [0.29, 0.717) is 11.1 Å². The summed E-state index contributed by atoms with van der Waals surface area (Å²) < 4.78 is 12.8. The molecule has 0 unspecified atom stereocenters. The van der Waals surface area contributed by atoms with E-state index in [-0.39, 0.29) is 67.3 Å². The second-order valence-corrected chi connectivity index (χ2v) is 16.8. The number of carbonyl (C=O) groups is 3. The lowest BCUT2D eigenvalue weighted by atomic mass is 9.60. The van der Waals surface area contributed by atoms with Gasteiger partial charge in [-0.2, -0.15) is 0 Å². The second kappa shape index (κ2) is 13.4. The molecule has 0 aromatic rings. The quantitative estimate of drug-likeness (QED) is 0.169. The highest BCUT2D eigenvalue weighted by molar-refractivity contribution is 6.04. The van der Waals surface area contributed by atoms with E-state index in [1.807, 2.05) is 50.3 Å². The van der Waals surface area contributed by atoms with Gasteiger partial charge in [0, 0.05) is 29.6 Å². The molecule has 4 saturated carbocycles. The molecule has 1 aliphatic heterocycles. The van der Waals surface area contributed by atoms with Crippen molar-refractivity contribution in [2.45, 2.75) is 76.6 Å². The molecule has 7 rings (SSSR count). The topological polar surface area (TPSA) is 130 Å². The molecule has 0 aromatic heterocycles. The van der Waals surface area contributed by atoms with Gasteiger partial charge in [-0.15, -0.1) is 6.58 Å². The molecule has 0 bridgehead atoms. The molecule has 278 valence electrons. The van der Waals surface area contributed by atoms with Gasteiger partial charge in [0.25, 0.3) is 0 Å². The van der Waals surface area contributed by atoms with E-state index >= 15 is 0 Å². The normalized spacial score (nSPS) is 47.8. The van der Waals surface area contributed by atoms with Gasteiger partial charge in [-0.05, 0) is 66.4 Å². The Hall–Kier alpha value is -3.59. The Morgan fingerprint density at radius 2 is 1.81 bits per heavy atom. The summed E-state index contributed by atoms with van der Waals surface area (Å²) in [6, 6.07) is 0. The fourth-order valence-electron chi connectivity index (χ4n) is 11.5. The van der Waals surface area contributed by atoms with Crippen molar-refractivity contribution in [3.8, 4) is 0 Å². The maximum Gasteiger partial charge on any atom is 0.310 e. The zero-order chi connectivity index (χ0) is 37.2.